The Labute approximate surface area is 238 Å². The van der Waals surface area contributed by atoms with E-state index in [0.717, 1.165) is 56.8 Å². The summed E-state index contributed by atoms with van der Waals surface area (Å²) < 4.78 is 1.89. The van der Waals surface area contributed by atoms with Gasteiger partial charge in [-0.2, -0.15) is 5.10 Å². The molecule has 7 nitrogen and oxygen atoms in total. The van der Waals surface area contributed by atoms with Crippen molar-refractivity contribution in [3.05, 3.63) is 53.0 Å². The summed E-state index contributed by atoms with van der Waals surface area (Å²) in [6.07, 6.45) is 11.7. The number of nitrogens with zero attached hydrogens (tertiary/aromatic N) is 5. The highest BCUT2D eigenvalue weighted by molar-refractivity contribution is 5.92. The normalized spacial score (nSPS) is 17.8. The molecule has 2 aliphatic heterocycles. The first kappa shape index (κ1) is 27.0. The Kier molecular flexibility index (Phi) is 7.67. The van der Waals surface area contributed by atoms with E-state index < -0.39 is 0 Å². The molecule has 0 unspecified atom stereocenters. The monoisotopic (exact) mass is 540 g/mol. The average Bonchev–Trinajstić information content (AvgIpc) is 3.50. The fraction of sp³-hybridized carbons (Fsp3) is 0.545. The first-order chi connectivity index (χ1) is 19.4. The minimum Gasteiger partial charge on any atom is -0.354 e. The topological polar surface area (TPSA) is 69.5 Å². The van der Waals surface area contributed by atoms with Gasteiger partial charge in [0.05, 0.1) is 5.69 Å². The van der Waals surface area contributed by atoms with Gasteiger partial charge in [0, 0.05) is 48.7 Å². The second-order valence-corrected chi connectivity index (χ2v) is 12.4. The van der Waals surface area contributed by atoms with Gasteiger partial charge < -0.3 is 14.8 Å². The van der Waals surface area contributed by atoms with E-state index in [1.807, 2.05) is 4.52 Å². The molecular weight excluding hydrogens is 496 g/mol. The lowest BCUT2D eigenvalue weighted by atomic mass is 9.87. The van der Waals surface area contributed by atoms with Crippen LogP contribution in [0.3, 0.4) is 0 Å². The number of hydrogen-bond acceptors (Lipinski definition) is 4. The van der Waals surface area contributed by atoms with Crippen molar-refractivity contribution in [3.8, 4) is 11.3 Å². The third-order valence-corrected chi connectivity index (χ3v) is 9.50. The van der Waals surface area contributed by atoms with Crippen molar-refractivity contribution in [1.82, 2.24) is 29.4 Å². The van der Waals surface area contributed by atoms with Crippen LogP contribution in [0, 0.1) is 13.8 Å². The van der Waals surface area contributed by atoms with Crippen LogP contribution in [0.1, 0.15) is 92.9 Å². The lowest BCUT2D eigenvalue weighted by molar-refractivity contribution is -0.132. The Balaban J connectivity index is 1.19. The van der Waals surface area contributed by atoms with Gasteiger partial charge in [0.1, 0.15) is 6.33 Å². The van der Waals surface area contributed by atoms with Crippen LogP contribution in [0.15, 0.2) is 30.7 Å². The maximum Gasteiger partial charge on any atom is 0.223 e. The lowest BCUT2D eigenvalue weighted by Gasteiger charge is -2.33. The maximum absolute atomic E-state index is 13.0. The summed E-state index contributed by atoms with van der Waals surface area (Å²) in [4.78, 5) is 25.8. The summed E-state index contributed by atoms with van der Waals surface area (Å²) in [5.74, 6) is 1.20. The van der Waals surface area contributed by atoms with E-state index >= 15 is 0 Å². The van der Waals surface area contributed by atoms with Crippen LogP contribution in [0.5, 0.6) is 0 Å². The number of pyridine rings is 1. The molecule has 0 saturated carbocycles. The highest BCUT2D eigenvalue weighted by atomic mass is 16.2. The van der Waals surface area contributed by atoms with Gasteiger partial charge in [-0.3, -0.25) is 4.79 Å². The number of piperidine rings is 1. The van der Waals surface area contributed by atoms with Gasteiger partial charge in [-0.1, -0.05) is 32.8 Å². The van der Waals surface area contributed by atoms with Crippen LogP contribution in [0.25, 0.3) is 27.8 Å². The van der Waals surface area contributed by atoms with Crippen LogP contribution in [0.4, 0.5) is 0 Å². The quantitative estimate of drug-likeness (QED) is 0.300. The van der Waals surface area contributed by atoms with Crippen molar-refractivity contribution < 1.29 is 4.79 Å². The maximum atomic E-state index is 13.0. The van der Waals surface area contributed by atoms with Gasteiger partial charge in [-0.15, -0.1) is 0 Å². The van der Waals surface area contributed by atoms with E-state index in [1.165, 1.54) is 64.5 Å². The van der Waals surface area contributed by atoms with E-state index in [4.69, 9.17) is 0 Å². The highest BCUT2D eigenvalue weighted by Gasteiger charge is 2.26. The summed E-state index contributed by atoms with van der Waals surface area (Å²) >= 11 is 0. The molecule has 2 saturated heterocycles. The van der Waals surface area contributed by atoms with Gasteiger partial charge in [0.15, 0.2) is 5.65 Å². The predicted octanol–water partition coefficient (Wildman–Crippen LogP) is 6.59. The molecule has 5 heterocycles. The van der Waals surface area contributed by atoms with E-state index in [1.54, 1.807) is 6.33 Å². The molecule has 2 fully saturated rings. The lowest BCUT2D eigenvalue weighted by Crippen LogP contribution is -2.39. The second-order valence-electron chi connectivity index (χ2n) is 12.4. The zero-order valence-corrected chi connectivity index (χ0v) is 24.7. The fourth-order valence-corrected chi connectivity index (χ4v) is 6.98. The molecule has 4 aromatic rings. The average molecular weight is 541 g/mol. The number of amides is 1. The molecule has 0 aliphatic carbocycles. The van der Waals surface area contributed by atoms with Crippen molar-refractivity contribution in [1.29, 1.82) is 0 Å². The molecule has 2 aliphatic rings. The number of carbonyl (C=O) groups is 1. The van der Waals surface area contributed by atoms with Crippen molar-refractivity contribution in [2.24, 2.45) is 0 Å². The fourth-order valence-electron chi connectivity index (χ4n) is 6.98. The van der Waals surface area contributed by atoms with Crippen molar-refractivity contribution in [3.63, 3.8) is 0 Å². The van der Waals surface area contributed by atoms with Crippen molar-refractivity contribution >= 4 is 22.5 Å². The third kappa shape index (κ3) is 5.16. The molecule has 212 valence electrons. The number of benzene rings is 1. The van der Waals surface area contributed by atoms with Gasteiger partial charge >= 0.3 is 0 Å². The van der Waals surface area contributed by atoms with Crippen LogP contribution in [0.2, 0.25) is 0 Å². The smallest absolute Gasteiger partial charge is 0.223 e. The Morgan fingerprint density at radius 1 is 1.02 bits per heavy atom. The number of fused-ring (bicyclic) bond motifs is 2. The Bertz CT molecular complexity index is 1500. The second kappa shape index (κ2) is 11.4. The number of likely N-dealkylation sites (tertiary alicyclic amines) is 2. The summed E-state index contributed by atoms with van der Waals surface area (Å²) in [7, 11) is 0. The standard InChI is InChI=1S/C33H44N6O/c1-22(2)31-27-19-26(25-11-17-38(18-12-25)30(40)13-16-37-14-7-5-6-8-15-37)9-10-29(27)36-32(31)28-20-39-33(34-21-35-39)24(4)23(28)3/h9-10,19-22,25,36H,5-8,11-18H2,1-4H3. The molecule has 6 rings (SSSR count). The Hall–Kier alpha value is -3.19. The number of aromatic nitrogens is 4. The Morgan fingerprint density at radius 3 is 2.50 bits per heavy atom. The summed E-state index contributed by atoms with van der Waals surface area (Å²) in [5.41, 5.74) is 9.63. The van der Waals surface area contributed by atoms with Crippen molar-refractivity contribution in [2.45, 2.75) is 84.5 Å². The predicted molar refractivity (Wildman–Crippen MR) is 162 cm³/mol. The van der Waals surface area contributed by atoms with Crippen LogP contribution in [-0.2, 0) is 4.79 Å². The van der Waals surface area contributed by atoms with E-state index in [0.29, 0.717) is 24.2 Å². The molecule has 0 spiro atoms. The molecule has 1 amide bonds. The summed E-state index contributed by atoms with van der Waals surface area (Å²) in [6, 6.07) is 6.98. The zero-order chi connectivity index (χ0) is 27.8. The number of rotatable bonds is 6. The zero-order valence-electron chi connectivity index (χ0n) is 24.7. The van der Waals surface area contributed by atoms with Gasteiger partial charge in [-0.25, -0.2) is 9.50 Å². The van der Waals surface area contributed by atoms with Crippen LogP contribution >= 0.6 is 0 Å². The molecule has 0 atom stereocenters. The molecule has 3 aromatic heterocycles. The molecule has 7 heteroatoms. The van der Waals surface area contributed by atoms with E-state index in [-0.39, 0.29) is 0 Å². The minimum absolute atomic E-state index is 0.338. The molecule has 40 heavy (non-hydrogen) atoms. The van der Waals surface area contributed by atoms with E-state index in [9.17, 15) is 4.79 Å². The molecular formula is C33H44N6O. The van der Waals surface area contributed by atoms with Gasteiger partial charge in [-0.05, 0) is 98.8 Å². The third-order valence-electron chi connectivity index (χ3n) is 9.50. The van der Waals surface area contributed by atoms with Crippen LogP contribution < -0.4 is 0 Å². The van der Waals surface area contributed by atoms with Crippen LogP contribution in [-0.4, -0.2) is 68.0 Å². The molecule has 1 N–H and O–H groups in total. The minimum atomic E-state index is 0.338. The molecule has 1 aromatic carbocycles. The molecule has 0 bridgehead atoms. The van der Waals surface area contributed by atoms with E-state index in [2.05, 4.69) is 77.0 Å². The number of H-pyrrole nitrogens is 1. The first-order valence-electron chi connectivity index (χ1n) is 15.4. The van der Waals surface area contributed by atoms with Crippen molar-refractivity contribution in [2.75, 3.05) is 32.7 Å². The number of aromatic amines is 1. The summed E-state index contributed by atoms with van der Waals surface area (Å²) in [5, 5.41) is 5.74. The number of carbonyl (C=O) groups excluding carboxylic acids is 1. The first-order valence-corrected chi connectivity index (χ1v) is 15.4. The molecule has 0 radical (unpaired) electrons. The number of hydrogen-bond donors (Lipinski definition) is 1. The summed E-state index contributed by atoms with van der Waals surface area (Å²) in [6.45, 7) is 13.9. The largest absolute Gasteiger partial charge is 0.354 e. The number of aryl methyl sites for hydroxylation is 1. The highest BCUT2D eigenvalue weighted by Crippen LogP contribution is 2.40. The van der Waals surface area contributed by atoms with Gasteiger partial charge in [0.25, 0.3) is 0 Å². The van der Waals surface area contributed by atoms with Gasteiger partial charge in [0.2, 0.25) is 5.91 Å². The Morgan fingerprint density at radius 2 is 1.77 bits per heavy atom. The SMILES string of the molecule is Cc1c(-c2[nH]c3ccc(C4CCN(C(=O)CCN5CCCCCC5)CC4)cc3c2C(C)C)cn2ncnc2c1C. The number of nitrogens with one attached hydrogen (secondary N) is 1.